The normalized spacial score (nSPS) is 9.95. The Kier molecular flexibility index (Phi) is 6.38. The number of aliphatic carboxylic acids is 1. The van der Waals surface area contributed by atoms with Crippen molar-refractivity contribution in [3.63, 3.8) is 0 Å². The van der Waals surface area contributed by atoms with Gasteiger partial charge < -0.3 is 19.9 Å². The van der Waals surface area contributed by atoms with Gasteiger partial charge in [0.2, 0.25) is 5.91 Å². The minimum atomic E-state index is -1.11. The Labute approximate surface area is 111 Å². The molecule has 0 saturated heterocycles. The molecular weight excluding hydrogens is 250 g/mol. The molecule has 0 aliphatic heterocycles. The first-order chi connectivity index (χ1) is 9.11. The van der Waals surface area contributed by atoms with Crippen LogP contribution in [-0.2, 0) is 14.3 Å². The van der Waals surface area contributed by atoms with E-state index < -0.39 is 18.5 Å². The van der Waals surface area contributed by atoms with Crippen molar-refractivity contribution in [3.8, 4) is 5.75 Å². The van der Waals surface area contributed by atoms with Gasteiger partial charge in [-0.25, -0.2) is 4.79 Å². The minimum absolute atomic E-state index is 0.291. The van der Waals surface area contributed by atoms with Gasteiger partial charge in [-0.05, 0) is 30.7 Å². The molecule has 1 amide bonds. The number of carboxylic acid groups (broad SMARTS) is 1. The summed E-state index contributed by atoms with van der Waals surface area (Å²) in [6, 6.07) is 6.92. The lowest BCUT2D eigenvalue weighted by atomic mass is 10.3. The summed E-state index contributed by atoms with van der Waals surface area (Å²) in [5.74, 6) is -0.768. The highest BCUT2D eigenvalue weighted by molar-refractivity contribution is 5.91. The van der Waals surface area contributed by atoms with Crippen LogP contribution in [0.25, 0.3) is 0 Å². The number of carboxylic acids is 1. The van der Waals surface area contributed by atoms with Gasteiger partial charge in [0.05, 0.1) is 6.61 Å². The third-order valence-electron chi connectivity index (χ3n) is 2.07. The molecule has 0 aromatic heterocycles. The van der Waals surface area contributed by atoms with E-state index in [2.05, 4.69) is 10.1 Å². The van der Waals surface area contributed by atoms with Crippen LogP contribution in [0.3, 0.4) is 0 Å². The molecule has 0 saturated carbocycles. The maximum absolute atomic E-state index is 11.4. The Hall–Kier alpha value is -2.08. The van der Waals surface area contributed by atoms with Crippen molar-refractivity contribution < 1.29 is 24.2 Å². The summed E-state index contributed by atoms with van der Waals surface area (Å²) < 4.78 is 10.1. The van der Waals surface area contributed by atoms with Crippen molar-refractivity contribution in [2.75, 3.05) is 25.1 Å². The summed E-state index contributed by atoms with van der Waals surface area (Å²) in [5.41, 5.74) is 0.604. The fourth-order valence-electron chi connectivity index (χ4n) is 1.28. The fourth-order valence-corrected chi connectivity index (χ4v) is 1.28. The molecule has 0 fully saturated rings. The molecule has 0 spiro atoms. The van der Waals surface area contributed by atoms with Gasteiger partial charge in [-0.15, -0.1) is 0 Å². The fraction of sp³-hybridized carbons (Fsp3) is 0.385. The number of ether oxygens (including phenoxy) is 2. The first-order valence-corrected chi connectivity index (χ1v) is 5.94. The molecule has 6 nitrogen and oxygen atoms in total. The Morgan fingerprint density at radius 1 is 1.21 bits per heavy atom. The Morgan fingerprint density at radius 3 is 2.47 bits per heavy atom. The number of anilines is 1. The van der Waals surface area contributed by atoms with Crippen LogP contribution in [0.5, 0.6) is 5.75 Å². The van der Waals surface area contributed by atoms with Crippen molar-refractivity contribution in [1.82, 2.24) is 0 Å². The molecule has 0 radical (unpaired) electrons. The van der Waals surface area contributed by atoms with Crippen LogP contribution in [0, 0.1) is 0 Å². The van der Waals surface area contributed by atoms with Crippen LogP contribution in [0.1, 0.15) is 13.3 Å². The third kappa shape index (κ3) is 6.42. The molecular formula is C13H17NO5. The predicted molar refractivity (Wildman–Crippen MR) is 69.3 cm³/mol. The van der Waals surface area contributed by atoms with E-state index in [4.69, 9.17) is 9.84 Å². The van der Waals surface area contributed by atoms with Crippen molar-refractivity contribution in [2.45, 2.75) is 13.3 Å². The van der Waals surface area contributed by atoms with Gasteiger partial charge in [0, 0.05) is 5.69 Å². The lowest BCUT2D eigenvalue weighted by Gasteiger charge is -2.07. The molecule has 0 aliphatic carbocycles. The monoisotopic (exact) mass is 267 g/mol. The minimum Gasteiger partial charge on any atom is -0.494 e. The molecule has 1 rings (SSSR count). The SMILES string of the molecule is CCCOc1ccc(NC(=O)COCC(=O)O)cc1. The van der Waals surface area contributed by atoms with Gasteiger partial charge >= 0.3 is 5.97 Å². The second kappa shape index (κ2) is 8.10. The Balaban J connectivity index is 2.35. The Morgan fingerprint density at radius 2 is 1.89 bits per heavy atom. The summed E-state index contributed by atoms with van der Waals surface area (Å²) in [6.45, 7) is 1.89. The summed E-state index contributed by atoms with van der Waals surface area (Å²) in [4.78, 5) is 21.6. The van der Waals surface area contributed by atoms with E-state index in [1.54, 1.807) is 24.3 Å². The average Bonchev–Trinajstić information content (AvgIpc) is 2.37. The first kappa shape index (κ1) is 15.0. The number of amides is 1. The van der Waals surface area contributed by atoms with Gasteiger partial charge in [-0.1, -0.05) is 6.92 Å². The molecule has 0 bridgehead atoms. The Bertz CT molecular complexity index is 416. The highest BCUT2D eigenvalue weighted by Gasteiger charge is 2.04. The second-order valence-electron chi connectivity index (χ2n) is 3.81. The zero-order valence-electron chi connectivity index (χ0n) is 10.7. The average molecular weight is 267 g/mol. The van der Waals surface area contributed by atoms with E-state index in [0.717, 1.165) is 12.2 Å². The van der Waals surface area contributed by atoms with Crippen LogP contribution in [-0.4, -0.2) is 36.8 Å². The first-order valence-electron chi connectivity index (χ1n) is 5.94. The molecule has 104 valence electrons. The van der Waals surface area contributed by atoms with Gasteiger partial charge in [-0.2, -0.15) is 0 Å². The summed E-state index contributed by atoms with van der Waals surface area (Å²) in [5, 5.41) is 10.9. The van der Waals surface area contributed by atoms with Gasteiger partial charge in [0.15, 0.2) is 0 Å². The van der Waals surface area contributed by atoms with Crippen LogP contribution in [0.4, 0.5) is 5.69 Å². The van der Waals surface area contributed by atoms with Crippen molar-refractivity contribution in [3.05, 3.63) is 24.3 Å². The van der Waals surface area contributed by atoms with E-state index >= 15 is 0 Å². The molecule has 1 aromatic rings. The zero-order valence-corrected chi connectivity index (χ0v) is 10.7. The number of carbonyl (C=O) groups excluding carboxylic acids is 1. The number of nitrogens with one attached hydrogen (secondary N) is 1. The standard InChI is InChI=1S/C13H17NO5/c1-2-7-19-11-5-3-10(4-6-11)14-12(15)8-18-9-13(16)17/h3-6H,2,7-9H2,1H3,(H,14,15)(H,16,17). The molecule has 0 unspecified atom stereocenters. The maximum Gasteiger partial charge on any atom is 0.329 e. The quantitative estimate of drug-likeness (QED) is 0.745. The second-order valence-corrected chi connectivity index (χ2v) is 3.81. The molecule has 0 aliphatic rings. The van der Waals surface area contributed by atoms with Gasteiger partial charge in [0.1, 0.15) is 19.0 Å². The number of carbonyl (C=O) groups is 2. The van der Waals surface area contributed by atoms with Crippen molar-refractivity contribution >= 4 is 17.6 Å². The largest absolute Gasteiger partial charge is 0.494 e. The highest BCUT2D eigenvalue weighted by Crippen LogP contribution is 2.15. The van der Waals surface area contributed by atoms with Crippen LogP contribution in [0.15, 0.2) is 24.3 Å². The molecule has 6 heteroatoms. The van der Waals surface area contributed by atoms with E-state index in [1.165, 1.54) is 0 Å². The number of hydrogen-bond acceptors (Lipinski definition) is 4. The molecule has 1 aromatic carbocycles. The van der Waals surface area contributed by atoms with Crippen LogP contribution >= 0.6 is 0 Å². The van der Waals surface area contributed by atoms with Crippen LogP contribution in [0.2, 0.25) is 0 Å². The molecule has 0 heterocycles. The van der Waals surface area contributed by atoms with Crippen molar-refractivity contribution in [1.29, 1.82) is 0 Å². The lowest BCUT2D eigenvalue weighted by molar-refractivity contribution is -0.143. The topological polar surface area (TPSA) is 84.9 Å². The maximum atomic E-state index is 11.4. The van der Waals surface area contributed by atoms with E-state index in [1.807, 2.05) is 6.92 Å². The summed E-state index contributed by atoms with van der Waals surface area (Å²) in [7, 11) is 0. The van der Waals surface area contributed by atoms with Gasteiger partial charge in [-0.3, -0.25) is 4.79 Å². The number of benzene rings is 1. The predicted octanol–water partition coefficient (Wildman–Crippen LogP) is 1.52. The molecule has 2 N–H and O–H groups in total. The third-order valence-corrected chi connectivity index (χ3v) is 2.07. The summed E-state index contributed by atoms with van der Waals surface area (Å²) in [6.07, 6.45) is 0.930. The highest BCUT2D eigenvalue weighted by atomic mass is 16.5. The molecule has 0 atom stereocenters. The van der Waals surface area contributed by atoms with Crippen molar-refractivity contribution in [2.24, 2.45) is 0 Å². The smallest absolute Gasteiger partial charge is 0.329 e. The van der Waals surface area contributed by atoms with E-state index in [9.17, 15) is 9.59 Å². The van der Waals surface area contributed by atoms with Crippen LogP contribution < -0.4 is 10.1 Å². The lowest BCUT2D eigenvalue weighted by Crippen LogP contribution is -2.20. The van der Waals surface area contributed by atoms with E-state index in [-0.39, 0.29) is 6.61 Å². The number of rotatable bonds is 8. The van der Waals surface area contributed by atoms with E-state index in [0.29, 0.717) is 12.3 Å². The molecule has 19 heavy (non-hydrogen) atoms. The van der Waals surface area contributed by atoms with Gasteiger partial charge in [0.25, 0.3) is 0 Å². The number of hydrogen-bond donors (Lipinski definition) is 2. The zero-order chi connectivity index (χ0) is 14.1. The summed E-state index contributed by atoms with van der Waals surface area (Å²) >= 11 is 0.